The molecule has 0 radical (unpaired) electrons. The number of hydrogen-bond donors (Lipinski definition) is 2. The Labute approximate surface area is 78.8 Å². The molecule has 2 N–H and O–H groups in total. The quantitative estimate of drug-likeness (QED) is 0.635. The molecule has 0 heterocycles. The highest BCUT2D eigenvalue weighted by Gasteiger charge is 2.44. The van der Waals surface area contributed by atoms with E-state index in [9.17, 15) is 15.0 Å². The van der Waals surface area contributed by atoms with Crippen molar-refractivity contribution in [1.29, 1.82) is 0 Å². The molecule has 0 aliphatic heterocycles. The summed E-state index contributed by atoms with van der Waals surface area (Å²) in [6.07, 6.45) is 0.0131. The highest BCUT2D eigenvalue weighted by atomic mass is 16.3. The van der Waals surface area contributed by atoms with Crippen molar-refractivity contribution in [1.82, 2.24) is 0 Å². The molecule has 1 aliphatic carbocycles. The number of hydrogen-bond acceptors (Lipinski definition) is 3. The molecule has 3 nitrogen and oxygen atoms in total. The predicted molar refractivity (Wildman–Crippen MR) is 49.2 cm³/mol. The van der Waals surface area contributed by atoms with Gasteiger partial charge in [0.25, 0.3) is 0 Å². The van der Waals surface area contributed by atoms with Gasteiger partial charge in [-0.1, -0.05) is 13.8 Å². The summed E-state index contributed by atoms with van der Waals surface area (Å²) in [6.45, 7) is 5.46. The van der Waals surface area contributed by atoms with Crippen LogP contribution in [0.1, 0.15) is 33.6 Å². The van der Waals surface area contributed by atoms with Gasteiger partial charge in [-0.05, 0) is 25.2 Å². The van der Waals surface area contributed by atoms with E-state index in [0.29, 0.717) is 18.8 Å². The van der Waals surface area contributed by atoms with E-state index in [2.05, 4.69) is 0 Å². The minimum absolute atomic E-state index is 0.211. The second-order valence-electron chi connectivity index (χ2n) is 4.53. The number of aliphatic hydroxyl groups is 2. The van der Waals surface area contributed by atoms with Gasteiger partial charge in [0.15, 0.2) is 5.78 Å². The van der Waals surface area contributed by atoms with Gasteiger partial charge in [0.2, 0.25) is 0 Å². The highest BCUT2D eigenvalue weighted by molar-refractivity contribution is 5.88. The third kappa shape index (κ3) is 1.92. The molecule has 76 valence electrons. The van der Waals surface area contributed by atoms with Gasteiger partial charge in [-0.15, -0.1) is 0 Å². The van der Waals surface area contributed by atoms with Gasteiger partial charge in [-0.3, -0.25) is 4.79 Å². The van der Waals surface area contributed by atoms with Crippen LogP contribution in [0.2, 0.25) is 0 Å². The van der Waals surface area contributed by atoms with E-state index < -0.39 is 11.7 Å². The van der Waals surface area contributed by atoms with Crippen molar-refractivity contribution in [2.45, 2.75) is 45.3 Å². The average Bonchev–Trinajstić information content (AvgIpc) is 2.00. The van der Waals surface area contributed by atoms with Gasteiger partial charge in [0, 0.05) is 6.42 Å². The normalized spacial score (nSPS) is 41.2. The fraction of sp³-hybridized carbons (Fsp3) is 0.900. The lowest BCUT2D eigenvalue weighted by Crippen LogP contribution is -2.52. The van der Waals surface area contributed by atoms with Crippen LogP contribution in [-0.2, 0) is 4.79 Å². The fourth-order valence-electron chi connectivity index (χ4n) is 1.74. The van der Waals surface area contributed by atoms with Crippen molar-refractivity contribution in [3.63, 3.8) is 0 Å². The van der Waals surface area contributed by atoms with Crippen molar-refractivity contribution in [2.24, 2.45) is 11.8 Å². The number of ketones is 1. The zero-order chi connectivity index (χ0) is 10.2. The average molecular weight is 186 g/mol. The molecule has 0 bridgehead atoms. The number of Topliss-reactive ketones (excluding diaryl/α,β-unsaturated/α-hetero) is 1. The second kappa shape index (κ2) is 3.39. The van der Waals surface area contributed by atoms with Crippen LogP contribution in [0, 0.1) is 11.8 Å². The molecule has 3 atom stereocenters. The number of carbonyl (C=O) groups excluding carboxylic acids is 1. The molecule has 3 heteroatoms. The van der Waals surface area contributed by atoms with E-state index >= 15 is 0 Å². The van der Waals surface area contributed by atoms with Crippen LogP contribution < -0.4 is 0 Å². The maximum absolute atomic E-state index is 11.4. The standard InChI is InChI=1S/C10H18O3/c1-6(2)7-4-8(11)10(3,13)9(12)5-7/h6-8,11,13H,4-5H2,1-3H3/t7-,8+,10+/m1/s1. The SMILES string of the molecule is CC(C)[C@H]1CC(=O)[C@@](C)(O)[C@@H](O)C1. The summed E-state index contributed by atoms with van der Waals surface area (Å²) in [7, 11) is 0. The van der Waals surface area contributed by atoms with Crippen molar-refractivity contribution in [3.8, 4) is 0 Å². The Hall–Kier alpha value is -0.410. The summed E-state index contributed by atoms with van der Waals surface area (Å²) in [5.74, 6) is 0.363. The first kappa shape index (κ1) is 10.7. The Kier molecular flexibility index (Phi) is 2.78. The number of carbonyl (C=O) groups is 1. The summed E-state index contributed by atoms with van der Waals surface area (Å²) >= 11 is 0. The van der Waals surface area contributed by atoms with Crippen LogP contribution >= 0.6 is 0 Å². The van der Waals surface area contributed by atoms with Crippen molar-refractivity contribution in [3.05, 3.63) is 0 Å². The zero-order valence-corrected chi connectivity index (χ0v) is 8.45. The molecule has 0 spiro atoms. The van der Waals surface area contributed by atoms with Crippen LogP contribution in [0.15, 0.2) is 0 Å². The van der Waals surface area contributed by atoms with Gasteiger partial charge >= 0.3 is 0 Å². The Balaban J connectivity index is 2.74. The van der Waals surface area contributed by atoms with Crippen molar-refractivity contribution < 1.29 is 15.0 Å². The molecule has 1 aliphatic rings. The van der Waals surface area contributed by atoms with Gasteiger partial charge in [-0.2, -0.15) is 0 Å². The van der Waals surface area contributed by atoms with Crippen molar-refractivity contribution in [2.75, 3.05) is 0 Å². The first-order valence-electron chi connectivity index (χ1n) is 4.79. The fourth-order valence-corrected chi connectivity index (χ4v) is 1.74. The smallest absolute Gasteiger partial charge is 0.167 e. The van der Waals surface area contributed by atoms with Gasteiger partial charge < -0.3 is 10.2 Å². The molecular formula is C10H18O3. The molecule has 1 rings (SSSR count). The molecular weight excluding hydrogens is 168 g/mol. The Bertz CT molecular complexity index is 208. The van der Waals surface area contributed by atoms with E-state index in [1.54, 1.807) is 0 Å². The molecule has 13 heavy (non-hydrogen) atoms. The van der Waals surface area contributed by atoms with Crippen molar-refractivity contribution >= 4 is 5.78 Å². The van der Waals surface area contributed by atoms with Crippen LogP contribution in [-0.4, -0.2) is 27.7 Å². The lowest BCUT2D eigenvalue weighted by Gasteiger charge is -2.37. The number of rotatable bonds is 1. The first-order chi connectivity index (χ1) is 5.85. The van der Waals surface area contributed by atoms with Gasteiger partial charge in [-0.25, -0.2) is 0 Å². The molecule has 0 aromatic carbocycles. The van der Waals surface area contributed by atoms with E-state index in [1.165, 1.54) is 6.92 Å². The van der Waals surface area contributed by atoms with E-state index in [0.717, 1.165) is 0 Å². The first-order valence-corrected chi connectivity index (χ1v) is 4.79. The summed E-state index contributed by atoms with van der Waals surface area (Å²) < 4.78 is 0. The van der Waals surface area contributed by atoms with Gasteiger partial charge in [0.05, 0.1) is 6.10 Å². The van der Waals surface area contributed by atoms with Crippen LogP contribution in [0.25, 0.3) is 0 Å². The van der Waals surface area contributed by atoms with E-state index in [-0.39, 0.29) is 11.7 Å². The summed E-state index contributed by atoms with van der Waals surface area (Å²) in [4.78, 5) is 11.4. The Morgan fingerprint density at radius 1 is 1.54 bits per heavy atom. The predicted octanol–water partition coefficient (Wildman–Crippen LogP) is 0.733. The van der Waals surface area contributed by atoms with E-state index in [1.807, 2.05) is 13.8 Å². The van der Waals surface area contributed by atoms with Crippen LogP contribution in [0.3, 0.4) is 0 Å². The largest absolute Gasteiger partial charge is 0.390 e. The maximum atomic E-state index is 11.4. The Morgan fingerprint density at radius 2 is 2.08 bits per heavy atom. The molecule has 0 aromatic heterocycles. The molecule has 0 aromatic rings. The second-order valence-corrected chi connectivity index (χ2v) is 4.53. The Morgan fingerprint density at radius 3 is 2.46 bits per heavy atom. The van der Waals surface area contributed by atoms with E-state index in [4.69, 9.17) is 0 Å². The van der Waals surface area contributed by atoms with Gasteiger partial charge in [0.1, 0.15) is 5.60 Å². The molecule has 0 amide bonds. The molecule has 0 unspecified atom stereocenters. The van der Waals surface area contributed by atoms with Crippen LogP contribution in [0.4, 0.5) is 0 Å². The molecule has 1 saturated carbocycles. The molecule has 1 fully saturated rings. The summed E-state index contributed by atoms with van der Waals surface area (Å²) in [5, 5.41) is 19.2. The minimum Gasteiger partial charge on any atom is -0.390 e. The number of aliphatic hydroxyl groups excluding tert-OH is 1. The van der Waals surface area contributed by atoms with Crippen LogP contribution in [0.5, 0.6) is 0 Å². The lowest BCUT2D eigenvalue weighted by atomic mass is 9.73. The summed E-state index contributed by atoms with van der Waals surface area (Å²) in [5.41, 5.74) is -1.52. The molecule has 0 saturated heterocycles. The monoisotopic (exact) mass is 186 g/mol. The lowest BCUT2D eigenvalue weighted by molar-refractivity contribution is -0.158. The third-order valence-electron chi connectivity index (χ3n) is 3.13. The highest BCUT2D eigenvalue weighted by Crippen LogP contribution is 2.33. The topological polar surface area (TPSA) is 57.5 Å². The third-order valence-corrected chi connectivity index (χ3v) is 3.13. The zero-order valence-electron chi connectivity index (χ0n) is 8.45. The minimum atomic E-state index is -1.52. The summed E-state index contributed by atoms with van der Waals surface area (Å²) in [6, 6.07) is 0. The maximum Gasteiger partial charge on any atom is 0.167 e.